The summed E-state index contributed by atoms with van der Waals surface area (Å²) in [7, 11) is 2.05. The van der Waals surface area contributed by atoms with Gasteiger partial charge in [0.15, 0.2) is 0 Å². The minimum Gasteiger partial charge on any atom is -0.306 e. The molecule has 1 fully saturated rings. The number of benzene rings is 2. The zero-order valence-corrected chi connectivity index (χ0v) is 14.4. The number of rotatable bonds is 5. The Labute approximate surface area is 136 Å². The Morgan fingerprint density at radius 2 is 1.36 bits per heavy atom. The van der Waals surface area contributed by atoms with E-state index in [0.717, 1.165) is 5.92 Å². The van der Waals surface area contributed by atoms with Crippen molar-refractivity contribution in [2.24, 2.45) is 5.92 Å². The van der Waals surface area contributed by atoms with Gasteiger partial charge in [-0.25, -0.2) is 0 Å². The van der Waals surface area contributed by atoms with Crippen LogP contribution in [0.25, 0.3) is 0 Å². The molecule has 0 aliphatic carbocycles. The Morgan fingerprint density at radius 3 is 1.86 bits per heavy atom. The van der Waals surface area contributed by atoms with Crippen LogP contribution in [0.4, 0.5) is 0 Å². The molecule has 1 aliphatic heterocycles. The van der Waals surface area contributed by atoms with Gasteiger partial charge in [0.1, 0.15) is 0 Å². The Morgan fingerprint density at radius 1 is 0.864 bits per heavy atom. The van der Waals surface area contributed by atoms with Crippen molar-refractivity contribution in [3.05, 3.63) is 60.7 Å². The summed E-state index contributed by atoms with van der Waals surface area (Å²) >= 11 is 0. The van der Waals surface area contributed by atoms with Crippen molar-refractivity contribution in [3.63, 3.8) is 0 Å². The quantitative estimate of drug-likeness (QED) is 0.758. The number of hydrogen-bond donors (Lipinski definition) is 0. The van der Waals surface area contributed by atoms with E-state index in [-0.39, 0.29) is 7.92 Å². The molecule has 0 amide bonds. The van der Waals surface area contributed by atoms with Crippen molar-refractivity contribution >= 4 is 18.5 Å². The molecule has 1 saturated heterocycles. The SMILES string of the molecule is CN1CCC(CCP(c2ccccc2)c2ccccc2)CC1. The van der Waals surface area contributed by atoms with Crippen LogP contribution in [-0.4, -0.2) is 31.2 Å². The average molecular weight is 311 g/mol. The van der Waals surface area contributed by atoms with Gasteiger partial charge >= 0.3 is 0 Å². The number of nitrogens with zero attached hydrogens (tertiary/aromatic N) is 1. The summed E-state index contributed by atoms with van der Waals surface area (Å²) in [5.41, 5.74) is 0. The van der Waals surface area contributed by atoms with E-state index in [1.165, 1.54) is 49.1 Å². The average Bonchev–Trinajstić information content (AvgIpc) is 2.59. The molecule has 2 heteroatoms. The molecule has 0 aromatic heterocycles. The van der Waals surface area contributed by atoms with Gasteiger partial charge in [0.25, 0.3) is 0 Å². The molecule has 1 heterocycles. The summed E-state index contributed by atoms with van der Waals surface area (Å²) in [6.45, 7) is 2.55. The van der Waals surface area contributed by atoms with Crippen LogP contribution in [0.5, 0.6) is 0 Å². The highest BCUT2D eigenvalue weighted by Crippen LogP contribution is 2.36. The highest BCUT2D eigenvalue weighted by atomic mass is 31.1. The van der Waals surface area contributed by atoms with Crippen molar-refractivity contribution in [3.8, 4) is 0 Å². The summed E-state index contributed by atoms with van der Waals surface area (Å²) < 4.78 is 0. The smallest absolute Gasteiger partial charge is 0.00191 e. The van der Waals surface area contributed by atoms with Crippen LogP contribution in [0.15, 0.2) is 60.7 Å². The van der Waals surface area contributed by atoms with Crippen LogP contribution in [0.2, 0.25) is 0 Å². The molecule has 116 valence electrons. The molecule has 2 aromatic rings. The third-order valence-electron chi connectivity index (χ3n) is 4.73. The fourth-order valence-corrected chi connectivity index (χ4v) is 5.79. The second-order valence-corrected chi connectivity index (χ2v) is 8.69. The first-order valence-electron chi connectivity index (χ1n) is 8.39. The molecule has 0 N–H and O–H groups in total. The molecule has 0 radical (unpaired) electrons. The monoisotopic (exact) mass is 311 g/mol. The standard InChI is InChI=1S/C20H26NP/c1-21-15-12-18(13-16-21)14-17-22(19-8-4-2-5-9-19)20-10-6-3-7-11-20/h2-11,18H,12-17H2,1H3. The van der Waals surface area contributed by atoms with Crippen LogP contribution in [-0.2, 0) is 0 Å². The Kier molecular flexibility index (Phi) is 5.64. The van der Waals surface area contributed by atoms with Gasteiger partial charge in [-0.2, -0.15) is 0 Å². The van der Waals surface area contributed by atoms with E-state index in [2.05, 4.69) is 72.6 Å². The van der Waals surface area contributed by atoms with Crippen LogP contribution < -0.4 is 10.6 Å². The van der Waals surface area contributed by atoms with E-state index in [9.17, 15) is 0 Å². The van der Waals surface area contributed by atoms with Crippen molar-refractivity contribution in [2.45, 2.75) is 19.3 Å². The van der Waals surface area contributed by atoms with E-state index < -0.39 is 0 Å². The molecular formula is C20H26NP. The van der Waals surface area contributed by atoms with Crippen LogP contribution in [0, 0.1) is 5.92 Å². The van der Waals surface area contributed by atoms with Crippen LogP contribution >= 0.6 is 7.92 Å². The predicted molar refractivity (Wildman–Crippen MR) is 98.8 cm³/mol. The fraction of sp³-hybridized carbons (Fsp3) is 0.400. The number of hydrogen-bond acceptors (Lipinski definition) is 1. The maximum atomic E-state index is 2.47. The zero-order chi connectivity index (χ0) is 15.2. The third-order valence-corrected chi connectivity index (χ3v) is 7.28. The van der Waals surface area contributed by atoms with E-state index >= 15 is 0 Å². The van der Waals surface area contributed by atoms with Crippen LogP contribution in [0.3, 0.4) is 0 Å². The lowest BCUT2D eigenvalue weighted by molar-refractivity contribution is 0.217. The third kappa shape index (κ3) is 4.18. The summed E-state index contributed by atoms with van der Waals surface area (Å²) in [5.74, 6) is 0.925. The fourth-order valence-electron chi connectivity index (χ4n) is 3.29. The second kappa shape index (κ2) is 7.90. The first-order valence-corrected chi connectivity index (χ1v) is 9.92. The lowest BCUT2D eigenvalue weighted by Crippen LogP contribution is -2.30. The maximum Gasteiger partial charge on any atom is -0.00191 e. The molecule has 0 spiro atoms. The summed E-state index contributed by atoms with van der Waals surface area (Å²) in [6.07, 6.45) is 5.47. The first kappa shape index (κ1) is 15.7. The Hall–Kier alpha value is -1.17. The summed E-state index contributed by atoms with van der Waals surface area (Å²) in [6, 6.07) is 22.2. The summed E-state index contributed by atoms with van der Waals surface area (Å²) in [4.78, 5) is 2.47. The Balaban J connectivity index is 1.70. The minimum absolute atomic E-state index is 0.200. The molecule has 0 unspecified atom stereocenters. The molecule has 0 atom stereocenters. The topological polar surface area (TPSA) is 3.24 Å². The molecule has 0 saturated carbocycles. The van der Waals surface area contributed by atoms with Gasteiger partial charge in [-0.05, 0) is 70.0 Å². The highest BCUT2D eigenvalue weighted by molar-refractivity contribution is 7.73. The minimum atomic E-state index is -0.200. The molecule has 1 aliphatic rings. The summed E-state index contributed by atoms with van der Waals surface area (Å²) in [5, 5.41) is 3.05. The van der Waals surface area contributed by atoms with Gasteiger partial charge in [0, 0.05) is 0 Å². The van der Waals surface area contributed by atoms with Crippen LogP contribution in [0.1, 0.15) is 19.3 Å². The van der Waals surface area contributed by atoms with Gasteiger partial charge in [-0.3, -0.25) is 0 Å². The van der Waals surface area contributed by atoms with E-state index in [4.69, 9.17) is 0 Å². The first-order chi connectivity index (χ1) is 10.8. The normalized spacial score (nSPS) is 17.0. The highest BCUT2D eigenvalue weighted by Gasteiger charge is 2.20. The van der Waals surface area contributed by atoms with E-state index in [1.54, 1.807) is 0 Å². The molecular weight excluding hydrogens is 285 g/mol. The van der Waals surface area contributed by atoms with Gasteiger partial charge in [0.05, 0.1) is 0 Å². The Bertz CT molecular complexity index is 507. The largest absolute Gasteiger partial charge is 0.306 e. The predicted octanol–water partition coefficient (Wildman–Crippen LogP) is 3.85. The lowest BCUT2D eigenvalue weighted by atomic mass is 9.95. The van der Waals surface area contributed by atoms with Gasteiger partial charge in [-0.1, -0.05) is 60.7 Å². The van der Waals surface area contributed by atoms with E-state index in [1.807, 2.05) is 0 Å². The molecule has 22 heavy (non-hydrogen) atoms. The number of likely N-dealkylation sites (tertiary alicyclic amines) is 1. The molecule has 2 aromatic carbocycles. The van der Waals surface area contributed by atoms with Gasteiger partial charge in [-0.15, -0.1) is 0 Å². The maximum absolute atomic E-state index is 2.47. The van der Waals surface area contributed by atoms with Crippen molar-refractivity contribution in [1.82, 2.24) is 4.90 Å². The second-order valence-electron chi connectivity index (χ2n) is 6.36. The molecule has 3 rings (SSSR count). The van der Waals surface area contributed by atoms with Crippen molar-refractivity contribution in [1.29, 1.82) is 0 Å². The van der Waals surface area contributed by atoms with Crippen molar-refractivity contribution in [2.75, 3.05) is 26.3 Å². The van der Waals surface area contributed by atoms with Gasteiger partial charge < -0.3 is 4.90 Å². The molecule has 0 bridgehead atoms. The molecule has 1 nitrogen and oxygen atoms in total. The van der Waals surface area contributed by atoms with E-state index in [0.29, 0.717) is 0 Å². The number of piperidine rings is 1. The zero-order valence-electron chi connectivity index (χ0n) is 13.5. The van der Waals surface area contributed by atoms with Gasteiger partial charge in [0.2, 0.25) is 0 Å². The lowest BCUT2D eigenvalue weighted by Gasteiger charge is -2.30. The van der Waals surface area contributed by atoms with Crippen molar-refractivity contribution < 1.29 is 0 Å².